The largest absolute Gasteiger partial charge is 0.481 e. The zero-order valence-corrected chi connectivity index (χ0v) is 10.6. The minimum atomic E-state index is -0.846. The molecule has 0 aromatic carbocycles. The molecule has 2 rings (SSSR count). The summed E-state index contributed by atoms with van der Waals surface area (Å²) in [5.41, 5.74) is 0.446. The van der Waals surface area contributed by atoms with E-state index in [0.29, 0.717) is 17.9 Å². The normalized spacial score (nSPS) is 14.9. The van der Waals surface area contributed by atoms with E-state index in [1.54, 1.807) is 13.1 Å². The average molecular weight is 248 g/mol. The van der Waals surface area contributed by atoms with E-state index in [1.807, 2.05) is 13.8 Å². The van der Waals surface area contributed by atoms with Gasteiger partial charge in [-0.25, -0.2) is 15.0 Å². The third-order valence-corrected chi connectivity index (χ3v) is 3.51. The van der Waals surface area contributed by atoms with Crippen LogP contribution < -0.4 is 0 Å². The highest BCUT2D eigenvalue weighted by Gasteiger charge is 2.37. The van der Waals surface area contributed by atoms with E-state index in [1.165, 1.54) is 6.33 Å². The monoisotopic (exact) mass is 248 g/mol. The summed E-state index contributed by atoms with van der Waals surface area (Å²) in [7, 11) is 0. The van der Waals surface area contributed by atoms with Crippen molar-refractivity contribution in [1.82, 2.24) is 19.9 Å². The molecule has 0 aliphatic heterocycles. The molecule has 0 saturated carbocycles. The molecule has 1 atom stereocenters. The Morgan fingerprint density at radius 3 is 2.83 bits per heavy atom. The number of hydrogen-bond donors (Lipinski definition) is 2. The summed E-state index contributed by atoms with van der Waals surface area (Å²) < 4.78 is 0. The zero-order chi connectivity index (χ0) is 13.3. The molecule has 2 heterocycles. The first-order chi connectivity index (χ1) is 8.43. The van der Waals surface area contributed by atoms with Crippen molar-refractivity contribution in [1.29, 1.82) is 0 Å². The lowest BCUT2D eigenvalue weighted by Crippen LogP contribution is -2.35. The van der Waals surface area contributed by atoms with E-state index in [-0.39, 0.29) is 5.92 Å². The van der Waals surface area contributed by atoms with Crippen LogP contribution in [0, 0.1) is 11.3 Å². The van der Waals surface area contributed by atoms with Gasteiger partial charge in [0.15, 0.2) is 5.65 Å². The van der Waals surface area contributed by atoms with Gasteiger partial charge in [0.1, 0.15) is 17.7 Å². The highest BCUT2D eigenvalue weighted by atomic mass is 16.4. The number of aromatic amines is 1. The summed E-state index contributed by atoms with van der Waals surface area (Å²) in [4.78, 5) is 26.7. The van der Waals surface area contributed by atoms with Crippen molar-refractivity contribution in [3.63, 3.8) is 0 Å². The fraction of sp³-hybridized carbons (Fsp3) is 0.500. The van der Waals surface area contributed by atoms with E-state index in [2.05, 4.69) is 19.9 Å². The zero-order valence-electron chi connectivity index (χ0n) is 10.6. The third kappa shape index (κ3) is 2.05. The van der Waals surface area contributed by atoms with Gasteiger partial charge in [-0.05, 0) is 12.8 Å². The first-order valence-corrected chi connectivity index (χ1v) is 5.81. The van der Waals surface area contributed by atoms with Gasteiger partial charge in [-0.15, -0.1) is 0 Å². The lowest BCUT2D eigenvalue weighted by molar-refractivity contribution is -0.150. The van der Waals surface area contributed by atoms with Crippen molar-refractivity contribution in [2.45, 2.75) is 27.2 Å². The second-order valence-electron chi connectivity index (χ2n) is 5.00. The molecule has 6 heteroatoms. The Labute approximate surface area is 104 Å². The topological polar surface area (TPSA) is 91.8 Å². The van der Waals surface area contributed by atoms with Crippen LogP contribution in [-0.2, 0) is 11.2 Å². The number of carboxylic acid groups (broad SMARTS) is 1. The summed E-state index contributed by atoms with van der Waals surface area (Å²) in [6, 6.07) is 0. The molecule has 0 amide bonds. The van der Waals surface area contributed by atoms with Crippen LogP contribution in [0.2, 0.25) is 0 Å². The Kier molecular flexibility index (Phi) is 3.02. The summed E-state index contributed by atoms with van der Waals surface area (Å²) in [6.45, 7) is 5.53. The van der Waals surface area contributed by atoms with E-state index < -0.39 is 11.4 Å². The molecule has 1 unspecified atom stereocenters. The van der Waals surface area contributed by atoms with E-state index >= 15 is 0 Å². The standard InChI is InChI=1S/C12H16N4O2/c1-7(2)12(3,11(17)18)4-9-15-8-5-13-6-14-10(8)16-9/h5-7H,4H2,1-3H3,(H,17,18)(H,13,14,15,16). The number of nitrogens with zero attached hydrogens (tertiary/aromatic N) is 3. The molecule has 2 aromatic rings. The number of aliphatic carboxylic acids is 1. The molecule has 18 heavy (non-hydrogen) atoms. The Hall–Kier alpha value is -1.98. The predicted octanol–water partition coefficient (Wildman–Crippen LogP) is 1.64. The van der Waals surface area contributed by atoms with Crippen LogP contribution in [0.4, 0.5) is 0 Å². The lowest BCUT2D eigenvalue weighted by atomic mass is 9.76. The maximum Gasteiger partial charge on any atom is 0.310 e. The predicted molar refractivity (Wildman–Crippen MR) is 66.0 cm³/mol. The van der Waals surface area contributed by atoms with Crippen LogP contribution in [0.15, 0.2) is 12.5 Å². The Balaban J connectivity index is 2.35. The number of imidazole rings is 1. The van der Waals surface area contributed by atoms with Gasteiger partial charge in [-0.2, -0.15) is 0 Å². The fourth-order valence-corrected chi connectivity index (χ4v) is 1.77. The second kappa shape index (κ2) is 4.36. The lowest BCUT2D eigenvalue weighted by Gasteiger charge is -2.27. The third-order valence-electron chi connectivity index (χ3n) is 3.51. The SMILES string of the molecule is CC(C)C(C)(Cc1nc2ncncc2[nH]1)C(=O)O. The van der Waals surface area contributed by atoms with Gasteiger partial charge < -0.3 is 10.1 Å². The fourth-order valence-electron chi connectivity index (χ4n) is 1.77. The van der Waals surface area contributed by atoms with Gasteiger partial charge in [0.05, 0.1) is 11.6 Å². The maximum absolute atomic E-state index is 11.4. The molecule has 0 aliphatic rings. The van der Waals surface area contributed by atoms with Gasteiger partial charge in [0, 0.05) is 6.42 Å². The van der Waals surface area contributed by atoms with Crippen LogP contribution in [0.1, 0.15) is 26.6 Å². The highest BCUT2D eigenvalue weighted by Crippen LogP contribution is 2.31. The van der Waals surface area contributed by atoms with Crippen molar-refractivity contribution >= 4 is 17.1 Å². The molecular weight excluding hydrogens is 232 g/mol. The number of aromatic nitrogens is 4. The molecule has 6 nitrogen and oxygen atoms in total. The number of carboxylic acids is 1. The first kappa shape index (κ1) is 12.5. The van der Waals surface area contributed by atoms with Crippen molar-refractivity contribution in [2.24, 2.45) is 11.3 Å². The van der Waals surface area contributed by atoms with E-state index in [0.717, 1.165) is 5.52 Å². The number of hydrogen-bond acceptors (Lipinski definition) is 4. The van der Waals surface area contributed by atoms with Crippen molar-refractivity contribution < 1.29 is 9.90 Å². The second-order valence-corrected chi connectivity index (χ2v) is 5.00. The molecule has 2 aromatic heterocycles. The molecule has 96 valence electrons. The Morgan fingerprint density at radius 2 is 2.28 bits per heavy atom. The first-order valence-electron chi connectivity index (χ1n) is 5.81. The molecule has 0 spiro atoms. The van der Waals surface area contributed by atoms with Crippen molar-refractivity contribution in [3.8, 4) is 0 Å². The minimum Gasteiger partial charge on any atom is -0.481 e. The number of carbonyl (C=O) groups is 1. The summed E-state index contributed by atoms with van der Waals surface area (Å²) in [5.74, 6) is -0.178. The summed E-state index contributed by atoms with van der Waals surface area (Å²) in [5, 5.41) is 9.37. The number of H-pyrrole nitrogens is 1. The minimum absolute atomic E-state index is 0.00861. The van der Waals surface area contributed by atoms with Crippen LogP contribution in [0.5, 0.6) is 0 Å². The van der Waals surface area contributed by atoms with Gasteiger partial charge in [-0.3, -0.25) is 4.79 Å². The molecule has 2 N–H and O–H groups in total. The van der Waals surface area contributed by atoms with Gasteiger partial charge in [0.2, 0.25) is 0 Å². The average Bonchev–Trinajstić information content (AvgIpc) is 2.70. The van der Waals surface area contributed by atoms with Crippen molar-refractivity contribution in [2.75, 3.05) is 0 Å². The molecule has 0 saturated heterocycles. The number of nitrogens with one attached hydrogen (secondary N) is 1. The number of fused-ring (bicyclic) bond motifs is 1. The molecular formula is C12H16N4O2. The van der Waals surface area contributed by atoms with Crippen LogP contribution >= 0.6 is 0 Å². The summed E-state index contributed by atoms with van der Waals surface area (Å²) in [6.07, 6.45) is 3.40. The van der Waals surface area contributed by atoms with E-state index in [4.69, 9.17) is 0 Å². The van der Waals surface area contributed by atoms with Gasteiger partial charge >= 0.3 is 5.97 Å². The Bertz CT molecular complexity index is 545. The summed E-state index contributed by atoms with van der Waals surface area (Å²) >= 11 is 0. The quantitative estimate of drug-likeness (QED) is 0.858. The van der Waals surface area contributed by atoms with Gasteiger partial charge in [-0.1, -0.05) is 13.8 Å². The molecule has 0 aliphatic carbocycles. The Morgan fingerprint density at radius 1 is 1.56 bits per heavy atom. The molecule has 0 radical (unpaired) electrons. The number of rotatable bonds is 4. The van der Waals surface area contributed by atoms with Crippen LogP contribution in [0.25, 0.3) is 11.2 Å². The molecule has 0 bridgehead atoms. The van der Waals surface area contributed by atoms with E-state index in [9.17, 15) is 9.90 Å². The smallest absolute Gasteiger partial charge is 0.310 e. The highest BCUT2D eigenvalue weighted by molar-refractivity contribution is 5.75. The van der Waals surface area contributed by atoms with Crippen molar-refractivity contribution in [3.05, 3.63) is 18.3 Å². The molecule has 0 fully saturated rings. The maximum atomic E-state index is 11.4. The van der Waals surface area contributed by atoms with Gasteiger partial charge in [0.25, 0.3) is 0 Å². The van der Waals surface area contributed by atoms with Crippen LogP contribution in [-0.4, -0.2) is 31.0 Å². The van der Waals surface area contributed by atoms with Crippen LogP contribution in [0.3, 0.4) is 0 Å².